The summed E-state index contributed by atoms with van der Waals surface area (Å²) in [6, 6.07) is 0.869. The van der Waals surface area contributed by atoms with Gasteiger partial charge in [0.05, 0.1) is 18.9 Å². The van der Waals surface area contributed by atoms with Gasteiger partial charge in [-0.05, 0) is 19.3 Å². The van der Waals surface area contributed by atoms with Crippen molar-refractivity contribution in [1.82, 2.24) is 10.2 Å². The Morgan fingerprint density at radius 3 is 2.67 bits per heavy atom. The van der Waals surface area contributed by atoms with Gasteiger partial charge in [-0.15, -0.1) is 0 Å². The van der Waals surface area contributed by atoms with E-state index in [2.05, 4.69) is 10.1 Å². The molecule has 2 fully saturated rings. The van der Waals surface area contributed by atoms with E-state index in [9.17, 15) is 9.59 Å². The molecule has 2 rings (SSSR count). The van der Waals surface area contributed by atoms with Gasteiger partial charge >= 0.3 is 5.97 Å². The number of nitrogens with zero attached hydrogens (tertiary/aromatic N) is 1. The molecule has 1 amide bonds. The van der Waals surface area contributed by atoms with E-state index >= 15 is 0 Å². The largest absolute Gasteiger partial charge is 0.469 e. The molecule has 102 valence electrons. The molecular formula is C13H22N2O3. The molecule has 18 heavy (non-hydrogen) atoms. The van der Waals surface area contributed by atoms with Crippen molar-refractivity contribution in [2.45, 2.75) is 38.3 Å². The number of fused-ring (bicyclic) bond motifs is 2. The molecule has 2 aliphatic heterocycles. The summed E-state index contributed by atoms with van der Waals surface area (Å²) in [5.74, 6) is -0.278. The molecule has 4 atom stereocenters. The van der Waals surface area contributed by atoms with E-state index in [0.29, 0.717) is 18.6 Å². The number of carbonyl (C=O) groups excluding carboxylic acids is 2. The standard InChI is InChI=1S/C13H22N2O3/c1-8(13(17)18-3)7-15(2)12(16)10-6-9-4-5-11(10)14-9/h8-11,14H,4-7H2,1-3H3. The number of amides is 1. The van der Waals surface area contributed by atoms with E-state index in [1.54, 1.807) is 18.9 Å². The van der Waals surface area contributed by atoms with Gasteiger partial charge in [0.25, 0.3) is 0 Å². The van der Waals surface area contributed by atoms with E-state index < -0.39 is 0 Å². The summed E-state index contributed by atoms with van der Waals surface area (Å²) in [5, 5.41) is 3.46. The van der Waals surface area contributed by atoms with Crippen molar-refractivity contribution in [2.24, 2.45) is 11.8 Å². The molecule has 0 saturated carbocycles. The third-order valence-electron chi connectivity index (χ3n) is 4.14. The van der Waals surface area contributed by atoms with Crippen molar-refractivity contribution in [3.05, 3.63) is 0 Å². The molecule has 0 spiro atoms. The normalized spacial score (nSPS) is 31.2. The Bertz CT molecular complexity index is 345. The molecule has 0 aromatic rings. The lowest BCUT2D eigenvalue weighted by Crippen LogP contribution is -2.41. The number of ether oxygens (including phenoxy) is 1. The second-order valence-electron chi connectivity index (χ2n) is 5.53. The van der Waals surface area contributed by atoms with Gasteiger partial charge in [0.15, 0.2) is 0 Å². The number of methoxy groups -OCH3 is 1. The van der Waals surface area contributed by atoms with Crippen LogP contribution in [-0.2, 0) is 14.3 Å². The summed E-state index contributed by atoms with van der Waals surface area (Å²) in [7, 11) is 3.15. The lowest BCUT2D eigenvalue weighted by Gasteiger charge is -2.27. The van der Waals surface area contributed by atoms with Crippen LogP contribution in [0.3, 0.4) is 0 Å². The first-order valence-electron chi connectivity index (χ1n) is 6.61. The van der Waals surface area contributed by atoms with Crippen molar-refractivity contribution in [2.75, 3.05) is 20.7 Å². The molecule has 0 aromatic carbocycles. The van der Waals surface area contributed by atoms with Gasteiger partial charge in [-0.3, -0.25) is 9.59 Å². The highest BCUT2D eigenvalue weighted by molar-refractivity contribution is 5.81. The fourth-order valence-electron chi connectivity index (χ4n) is 3.16. The maximum Gasteiger partial charge on any atom is 0.310 e. The molecule has 2 aliphatic rings. The maximum absolute atomic E-state index is 12.3. The van der Waals surface area contributed by atoms with Crippen LogP contribution in [0.5, 0.6) is 0 Å². The second kappa shape index (κ2) is 5.26. The van der Waals surface area contributed by atoms with E-state index in [1.165, 1.54) is 13.5 Å². The lowest BCUT2D eigenvalue weighted by atomic mass is 9.88. The maximum atomic E-state index is 12.3. The molecular weight excluding hydrogens is 232 g/mol. The van der Waals surface area contributed by atoms with Crippen LogP contribution in [0.2, 0.25) is 0 Å². The van der Waals surface area contributed by atoms with E-state index in [1.807, 2.05) is 0 Å². The molecule has 2 bridgehead atoms. The molecule has 5 heteroatoms. The average molecular weight is 254 g/mol. The minimum Gasteiger partial charge on any atom is -0.469 e. The Morgan fingerprint density at radius 2 is 2.17 bits per heavy atom. The van der Waals surface area contributed by atoms with Gasteiger partial charge in [-0.25, -0.2) is 0 Å². The molecule has 0 aromatic heterocycles. The minimum atomic E-state index is -0.268. The summed E-state index contributed by atoms with van der Waals surface area (Å²) in [6.07, 6.45) is 3.23. The van der Waals surface area contributed by atoms with E-state index in [4.69, 9.17) is 0 Å². The third kappa shape index (κ3) is 2.51. The van der Waals surface area contributed by atoms with Crippen molar-refractivity contribution < 1.29 is 14.3 Å². The van der Waals surface area contributed by atoms with Crippen LogP contribution in [-0.4, -0.2) is 49.6 Å². The van der Waals surface area contributed by atoms with Crippen molar-refractivity contribution in [3.8, 4) is 0 Å². The fourth-order valence-corrected chi connectivity index (χ4v) is 3.16. The first-order chi connectivity index (χ1) is 8.52. The Labute approximate surface area is 108 Å². The van der Waals surface area contributed by atoms with Crippen LogP contribution in [0, 0.1) is 11.8 Å². The van der Waals surface area contributed by atoms with Crippen LogP contribution >= 0.6 is 0 Å². The predicted octanol–water partition coefficient (Wildman–Crippen LogP) is 0.394. The predicted molar refractivity (Wildman–Crippen MR) is 66.9 cm³/mol. The molecule has 2 heterocycles. The first-order valence-corrected chi connectivity index (χ1v) is 6.61. The highest BCUT2D eigenvalue weighted by Crippen LogP contribution is 2.34. The molecule has 4 unspecified atom stereocenters. The van der Waals surface area contributed by atoms with Crippen molar-refractivity contribution >= 4 is 11.9 Å². The number of hydrogen-bond donors (Lipinski definition) is 1. The van der Waals surface area contributed by atoms with Crippen LogP contribution in [0.1, 0.15) is 26.2 Å². The van der Waals surface area contributed by atoms with E-state index in [-0.39, 0.29) is 23.7 Å². The Hall–Kier alpha value is -1.10. The monoisotopic (exact) mass is 254 g/mol. The van der Waals surface area contributed by atoms with Gasteiger partial charge in [0.2, 0.25) is 5.91 Å². The fraction of sp³-hybridized carbons (Fsp3) is 0.846. The summed E-state index contributed by atoms with van der Waals surface area (Å²) in [4.78, 5) is 25.3. The zero-order chi connectivity index (χ0) is 13.3. The number of nitrogens with one attached hydrogen (secondary N) is 1. The summed E-state index contributed by atoms with van der Waals surface area (Å²) in [5.41, 5.74) is 0. The molecule has 5 nitrogen and oxygen atoms in total. The molecule has 1 N–H and O–H groups in total. The Kier molecular flexibility index (Phi) is 3.90. The quantitative estimate of drug-likeness (QED) is 0.738. The van der Waals surface area contributed by atoms with E-state index in [0.717, 1.165) is 12.8 Å². The number of hydrogen-bond acceptors (Lipinski definition) is 4. The zero-order valence-electron chi connectivity index (χ0n) is 11.3. The number of esters is 1. The summed E-state index contributed by atoms with van der Waals surface area (Å²) in [6.45, 7) is 2.22. The van der Waals surface area contributed by atoms with Crippen LogP contribution in [0.15, 0.2) is 0 Å². The SMILES string of the molecule is COC(=O)C(C)CN(C)C(=O)C1CC2CCC1N2. The summed E-state index contributed by atoms with van der Waals surface area (Å²) < 4.78 is 4.68. The Balaban J connectivity index is 1.87. The topological polar surface area (TPSA) is 58.6 Å². The lowest BCUT2D eigenvalue weighted by molar-refractivity contribution is -0.146. The van der Waals surface area contributed by atoms with Gasteiger partial charge < -0.3 is 15.0 Å². The highest BCUT2D eigenvalue weighted by atomic mass is 16.5. The first kappa shape index (κ1) is 13.3. The average Bonchev–Trinajstić information content (AvgIpc) is 2.98. The molecule has 0 aliphatic carbocycles. The highest BCUT2D eigenvalue weighted by Gasteiger charge is 2.43. The van der Waals surface area contributed by atoms with Crippen molar-refractivity contribution in [3.63, 3.8) is 0 Å². The van der Waals surface area contributed by atoms with Crippen LogP contribution < -0.4 is 5.32 Å². The summed E-state index contributed by atoms with van der Waals surface area (Å²) >= 11 is 0. The van der Waals surface area contributed by atoms with Gasteiger partial charge in [-0.2, -0.15) is 0 Å². The zero-order valence-corrected chi connectivity index (χ0v) is 11.3. The minimum absolute atomic E-state index is 0.0959. The van der Waals surface area contributed by atoms with Crippen LogP contribution in [0.4, 0.5) is 0 Å². The molecule has 0 radical (unpaired) electrons. The smallest absolute Gasteiger partial charge is 0.310 e. The van der Waals surface area contributed by atoms with Gasteiger partial charge in [-0.1, -0.05) is 6.92 Å². The second-order valence-corrected chi connectivity index (χ2v) is 5.53. The Morgan fingerprint density at radius 1 is 1.44 bits per heavy atom. The van der Waals surface area contributed by atoms with Crippen LogP contribution in [0.25, 0.3) is 0 Å². The number of rotatable bonds is 4. The van der Waals surface area contributed by atoms with Gasteiger partial charge in [0.1, 0.15) is 0 Å². The third-order valence-corrected chi connectivity index (χ3v) is 4.14. The van der Waals surface area contributed by atoms with Crippen molar-refractivity contribution in [1.29, 1.82) is 0 Å². The number of carbonyl (C=O) groups is 2. The van der Waals surface area contributed by atoms with Gasteiger partial charge in [0, 0.05) is 25.7 Å². The molecule has 2 saturated heterocycles.